The van der Waals surface area contributed by atoms with E-state index in [2.05, 4.69) is 82.3 Å². The van der Waals surface area contributed by atoms with E-state index in [1.54, 1.807) is 0 Å². The van der Waals surface area contributed by atoms with E-state index in [0.29, 0.717) is 5.82 Å². The SMILES string of the molecule is Nc1ccc(-c2ccc(-n3c4ccccc4c4ccccc43)cc2)cn1. The summed E-state index contributed by atoms with van der Waals surface area (Å²) in [7, 11) is 0. The van der Waals surface area contributed by atoms with Crippen LogP contribution in [-0.2, 0) is 0 Å². The molecule has 0 aliphatic heterocycles. The molecule has 0 spiro atoms. The van der Waals surface area contributed by atoms with E-state index in [4.69, 9.17) is 5.73 Å². The molecule has 0 amide bonds. The maximum atomic E-state index is 5.68. The zero-order valence-corrected chi connectivity index (χ0v) is 14.1. The van der Waals surface area contributed by atoms with Crippen molar-refractivity contribution < 1.29 is 0 Å². The molecular formula is C23H17N3. The van der Waals surface area contributed by atoms with Gasteiger partial charge in [0.05, 0.1) is 11.0 Å². The van der Waals surface area contributed by atoms with Gasteiger partial charge in [0.15, 0.2) is 0 Å². The lowest BCUT2D eigenvalue weighted by molar-refractivity contribution is 1.18. The van der Waals surface area contributed by atoms with Crippen LogP contribution < -0.4 is 5.73 Å². The second-order valence-electron chi connectivity index (χ2n) is 6.39. The molecule has 26 heavy (non-hydrogen) atoms. The number of fused-ring (bicyclic) bond motifs is 3. The highest BCUT2D eigenvalue weighted by Gasteiger charge is 2.11. The van der Waals surface area contributed by atoms with Crippen LogP contribution >= 0.6 is 0 Å². The first-order chi connectivity index (χ1) is 12.8. The van der Waals surface area contributed by atoms with Crippen molar-refractivity contribution >= 4 is 27.6 Å². The van der Waals surface area contributed by atoms with Gasteiger partial charge < -0.3 is 10.3 Å². The van der Waals surface area contributed by atoms with Gasteiger partial charge in [-0.1, -0.05) is 48.5 Å². The minimum atomic E-state index is 0.538. The average Bonchev–Trinajstić information content (AvgIpc) is 3.03. The predicted octanol–water partition coefficient (Wildman–Crippen LogP) is 5.43. The van der Waals surface area contributed by atoms with E-state index >= 15 is 0 Å². The molecule has 0 unspecified atom stereocenters. The number of hydrogen-bond acceptors (Lipinski definition) is 2. The minimum absolute atomic E-state index is 0.538. The molecule has 5 rings (SSSR count). The summed E-state index contributed by atoms with van der Waals surface area (Å²) in [5.74, 6) is 0.538. The Morgan fingerprint density at radius 1 is 0.615 bits per heavy atom. The molecule has 0 aliphatic rings. The van der Waals surface area contributed by atoms with Gasteiger partial charge in [-0.05, 0) is 42.0 Å². The Balaban J connectivity index is 1.69. The highest BCUT2D eigenvalue weighted by atomic mass is 15.0. The van der Waals surface area contributed by atoms with Gasteiger partial charge in [0, 0.05) is 28.2 Å². The summed E-state index contributed by atoms with van der Waals surface area (Å²) in [4.78, 5) is 4.18. The molecule has 2 aromatic heterocycles. The van der Waals surface area contributed by atoms with E-state index in [0.717, 1.165) is 16.8 Å². The van der Waals surface area contributed by atoms with Crippen LogP contribution in [0.25, 0.3) is 38.6 Å². The Bertz CT molecular complexity index is 1160. The summed E-state index contributed by atoms with van der Waals surface area (Å²) in [6.07, 6.45) is 1.81. The zero-order chi connectivity index (χ0) is 17.5. The summed E-state index contributed by atoms with van der Waals surface area (Å²) in [5, 5.41) is 2.55. The van der Waals surface area contributed by atoms with Crippen molar-refractivity contribution in [3.8, 4) is 16.8 Å². The molecule has 3 aromatic carbocycles. The van der Waals surface area contributed by atoms with Crippen LogP contribution in [0.15, 0.2) is 91.1 Å². The molecule has 3 nitrogen and oxygen atoms in total. The van der Waals surface area contributed by atoms with Crippen molar-refractivity contribution in [2.24, 2.45) is 0 Å². The Kier molecular flexibility index (Phi) is 3.25. The fraction of sp³-hybridized carbons (Fsp3) is 0. The van der Waals surface area contributed by atoms with Crippen LogP contribution in [0.4, 0.5) is 5.82 Å². The lowest BCUT2D eigenvalue weighted by atomic mass is 10.1. The second kappa shape index (κ2) is 5.74. The normalized spacial score (nSPS) is 11.2. The number of nitrogens with zero attached hydrogens (tertiary/aromatic N) is 2. The molecule has 0 radical (unpaired) electrons. The van der Waals surface area contributed by atoms with Crippen LogP contribution in [-0.4, -0.2) is 9.55 Å². The number of para-hydroxylation sites is 2. The Morgan fingerprint density at radius 3 is 1.77 bits per heavy atom. The first kappa shape index (κ1) is 14.7. The van der Waals surface area contributed by atoms with Crippen LogP contribution in [0.5, 0.6) is 0 Å². The molecule has 2 heterocycles. The zero-order valence-electron chi connectivity index (χ0n) is 14.1. The van der Waals surface area contributed by atoms with Crippen molar-refractivity contribution in [2.45, 2.75) is 0 Å². The van der Waals surface area contributed by atoms with Gasteiger partial charge in [0.1, 0.15) is 5.82 Å². The summed E-state index contributed by atoms with van der Waals surface area (Å²) in [5.41, 5.74) is 11.5. The average molecular weight is 335 g/mol. The number of pyridine rings is 1. The van der Waals surface area contributed by atoms with E-state index < -0.39 is 0 Å². The largest absolute Gasteiger partial charge is 0.384 e. The van der Waals surface area contributed by atoms with Gasteiger partial charge in [-0.2, -0.15) is 0 Å². The van der Waals surface area contributed by atoms with Crippen LogP contribution in [0.3, 0.4) is 0 Å². The van der Waals surface area contributed by atoms with E-state index in [1.807, 2.05) is 18.3 Å². The predicted molar refractivity (Wildman–Crippen MR) is 108 cm³/mol. The quantitative estimate of drug-likeness (QED) is 0.467. The number of nitrogens with two attached hydrogens (primary N) is 1. The molecule has 124 valence electrons. The topological polar surface area (TPSA) is 43.8 Å². The molecular weight excluding hydrogens is 318 g/mol. The highest BCUT2D eigenvalue weighted by Crippen LogP contribution is 2.32. The van der Waals surface area contributed by atoms with Crippen molar-refractivity contribution in [3.05, 3.63) is 91.1 Å². The molecule has 3 heteroatoms. The van der Waals surface area contributed by atoms with Gasteiger partial charge in [0.2, 0.25) is 0 Å². The third-order valence-electron chi connectivity index (χ3n) is 4.83. The fourth-order valence-electron chi connectivity index (χ4n) is 3.58. The Labute approximate surface area is 151 Å². The Morgan fingerprint density at radius 2 is 1.19 bits per heavy atom. The smallest absolute Gasteiger partial charge is 0.123 e. The van der Waals surface area contributed by atoms with Crippen molar-refractivity contribution in [1.29, 1.82) is 0 Å². The number of anilines is 1. The van der Waals surface area contributed by atoms with Crippen molar-refractivity contribution in [3.63, 3.8) is 0 Å². The molecule has 0 aliphatic carbocycles. The highest BCUT2D eigenvalue weighted by molar-refractivity contribution is 6.09. The maximum Gasteiger partial charge on any atom is 0.123 e. The van der Waals surface area contributed by atoms with Gasteiger partial charge in [-0.15, -0.1) is 0 Å². The lowest BCUT2D eigenvalue weighted by Crippen LogP contribution is -1.94. The van der Waals surface area contributed by atoms with E-state index in [-0.39, 0.29) is 0 Å². The van der Waals surface area contributed by atoms with Crippen molar-refractivity contribution in [1.82, 2.24) is 9.55 Å². The van der Waals surface area contributed by atoms with Gasteiger partial charge in [-0.25, -0.2) is 4.98 Å². The first-order valence-electron chi connectivity index (χ1n) is 8.62. The number of aromatic nitrogens is 2. The van der Waals surface area contributed by atoms with E-state index in [1.165, 1.54) is 21.8 Å². The minimum Gasteiger partial charge on any atom is -0.384 e. The number of benzene rings is 3. The molecule has 0 saturated carbocycles. The Hall–Kier alpha value is -3.59. The third kappa shape index (κ3) is 2.25. The molecule has 0 bridgehead atoms. The molecule has 2 N–H and O–H groups in total. The van der Waals surface area contributed by atoms with Gasteiger partial charge in [-0.3, -0.25) is 0 Å². The standard InChI is InChI=1S/C23H17N3/c24-23-14-11-17(15-25-23)16-9-12-18(13-10-16)26-21-7-3-1-5-19(21)20-6-2-4-8-22(20)26/h1-15H,(H2,24,25). The van der Waals surface area contributed by atoms with Crippen LogP contribution in [0, 0.1) is 0 Å². The fourth-order valence-corrected chi connectivity index (χ4v) is 3.58. The van der Waals surface area contributed by atoms with Crippen molar-refractivity contribution in [2.75, 3.05) is 5.73 Å². The number of rotatable bonds is 2. The first-order valence-corrected chi connectivity index (χ1v) is 8.62. The van der Waals surface area contributed by atoms with Crippen LogP contribution in [0.1, 0.15) is 0 Å². The molecule has 0 fully saturated rings. The molecule has 0 saturated heterocycles. The van der Waals surface area contributed by atoms with Gasteiger partial charge >= 0.3 is 0 Å². The van der Waals surface area contributed by atoms with Crippen LogP contribution in [0.2, 0.25) is 0 Å². The van der Waals surface area contributed by atoms with E-state index in [9.17, 15) is 0 Å². The number of nitrogen functional groups attached to an aromatic ring is 1. The summed E-state index contributed by atoms with van der Waals surface area (Å²) in [6.45, 7) is 0. The third-order valence-corrected chi connectivity index (χ3v) is 4.83. The maximum absolute atomic E-state index is 5.68. The monoisotopic (exact) mass is 335 g/mol. The summed E-state index contributed by atoms with van der Waals surface area (Å²) >= 11 is 0. The second-order valence-corrected chi connectivity index (χ2v) is 6.39. The summed E-state index contributed by atoms with van der Waals surface area (Å²) in [6, 6.07) is 29.5. The number of hydrogen-bond donors (Lipinski definition) is 1. The molecule has 0 atom stereocenters. The lowest BCUT2D eigenvalue weighted by Gasteiger charge is -2.09. The summed E-state index contributed by atoms with van der Waals surface area (Å²) < 4.78 is 2.32. The van der Waals surface area contributed by atoms with Gasteiger partial charge in [0.25, 0.3) is 0 Å². The molecule has 5 aromatic rings.